The Balaban J connectivity index is 1.66. The predicted molar refractivity (Wildman–Crippen MR) is 112 cm³/mol. The molecule has 3 N–H and O–H groups in total. The van der Waals surface area contributed by atoms with Gasteiger partial charge in [0.15, 0.2) is 0 Å². The normalized spacial score (nSPS) is 31.8. The Morgan fingerprint density at radius 2 is 1.81 bits per heavy atom. The van der Waals surface area contributed by atoms with Gasteiger partial charge < -0.3 is 29.5 Å². The van der Waals surface area contributed by atoms with Gasteiger partial charge in [0.2, 0.25) is 12.2 Å². The first kappa shape index (κ1) is 23.1. The topological polar surface area (TPSA) is 88.4 Å². The highest BCUT2D eigenvalue weighted by Crippen LogP contribution is 2.51. The van der Waals surface area contributed by atoms with Gasteiger partial charge in [0.1, 0.15) is 29.7 Å². The molecule has 5 atom stereocenters. The molecule has 2 aromatic rings. The molecule has 0 unspecified atom stereocenters. The van der Waals surface area contributed by atoms with Gasteiger partial charge in [-0.25, -0.2) is 8.78 Å². The van der Waals surface area contributed by atoms with Crippen LogP contribution in [0.2, 0.25) is 0 Å². The fourth-order valence-electron chi connectivity index (χ4n) is 4.55. The number of aliphatic hydroxyl groups is 3. The minimum Gasteiger partial charge on any atom is -0.494 e. The van der Waals surface area contributed by atoms with Crippen LogP contribution in [0.3, 0.4) is 0 Å². The Morgan fingerprint density at radius 1 is 1.09 bits per heavy atom. The lowest BCUT2D eigenvalue weighted by molar-refractivity contribution is -0.329. The predicted octanol–water partition coefficient (Wildman–Crippen LogP) is 2.67. The zero-order valence-electron chi connectivity index (χ0n) is 18.0. The molecule has 0 aromatic heterocycles. The summed E-state index contributed by atoms with van der Waals surface area (Å²) in [5.41, 5.74) is 1.55. The molecule has 8 heteroatoms. The fourth-order valence-corrected chi connectivity index (χ4v) is 4.55. The molecule has 32 heavy (non-hydrogen) atoms. The van der Waals surface area contributed by atoms with Crippen LogP contribution in [0.25, 0.3) is 0 Å². The first-order valence-corrected chi connectivity index (χ1v) is 10.7. The van der Waals surface area contributed by atoms with Crippen molar-refractivity contribution in [3.63, 3.8) is 0 Å². The lowest BCUT2D eigenvalue weighted by Crippen LogP contribution is -2.64. The van der Waals surface area contributed by atoms with Crippen molar-refractivity contribution in [3.8, 4) is 5.75 Å². The van der Waals surface area contributed by atoms with Gasteiger partial charge in [-0.05, 0) is 55.2 Å². The summed E-state index contributed by atoms with van der Waals surface area (Å²) in [5.74, 6) is -1.06. The molecule has 2 aromatic carbocycles. The van der Waals surface area contributed by atoms with E-state index in [0.717, 1.165) is 22.4 Å². The zero-order valence-corrected chi connectivity index (χ0v) is 18.0. The van der Waals surface area contributed by atoms with E-state index in [1.165, 1.54) is 0 Å². The van der Waals surface area contributed by atoms with E-state index in [-0.39, 0.29) is 6.61 Å². The fraction of sp³-hybridized carbons (Fsp3) is 0.500. The lowest BCUT2D eigenvalue weighted by atomic mass is 9.81. The SMILES string of the molecule is CCOc1ccc(Cc2cc([C@]34OC[C@](CC(F)F)(O3)[C@@H](O)[C@H](O)[C@H]4O)ccc2C)cc1. The molecule has 0 saturated carbocycles. The minimum absolute atomic E-state index is 0.366. The first-order valence-electron chi connectivity index (χ1n) is 10.7. The van der Waals surface area contributed by atoms with Gasteiger partial charge in [-0.1, -0.05) is 24.3 Å². The molecule has 2 fully saturated rings. The van der Waals surface area contributed by atoms with Crippen LogP contribution in [-0.4, -0.2) is 58.9 Å². The molecular formula is C24H28F2O6. The van der Waals surface area contributed by atoms with Crippen LogP contribution in [0, 0.1) is 6.92 Å². The Kier molecular flexibility index (Phi) is 6.26. The summed E-state index contributed by atoms with van der Waals surface area (Å²) in [5, 5.41) is 31.6. The third-order valence-corrected chi connectivity index (χ3v) is 6.34. The number of ether oxygens (including phenoxy) is 3. The van der Waals surface area contributed by atoms with Gasteiger partial charge in [0, 0.05) is 12.0 Å². The summed E-state index contributed by atoms with van der Waals surface area (Å²) in [6, 6.07) is 13.0. The van der Waals surface area contributed by atoms with E-state index in [4.69, 9.17) is 14.2 Å². The number of alkyl halides is 2. The molecule has 4 rings (SSSR count). The second-order valence-corrected chi connectivity index (χ2v) is 8.49. The van der Waals surface area contributed by atoms with Crippen LogP contribution in [0.1, 0.15) is 35.6 Å². The highest BCUT2D eigenvalue weighted by Gasteiger charge is 2.67. The molecule has 2 heterocycles. The molecule has 0 radical (unpaired) electrons. The number of rotatable bonds is 7. The summed E-state index contributed by atoms with van der Waals surface area (Å²) in [6.45, 7) is 4.08. The standard InChI is InChI=1S/C24H28F2O6/c1-3-30-18-8-5-15(6-9-18)10-16-11-17(7-4-14(16)2)24-22(29)20(27)21(28)23(32-24,13-31-24)12-19(25)26/h4-9,11,19-22,27-29H,3,10,12-13H2,1-2H3/t20-,21-,22+,23-,24-/m0/s1. The smallest absolute Gasteiger partial charge is 0.241 e. The number of hydrogen-bond acceptors (Lipinski definition) is 6. The van der Waals surface area contributed by atoms with Crippen LogP contribution in [0.15, 0.2) is 42.5 Å². The van der Waals surface area contributed by atoms with Gasteiger partial charge in [-0.2, -0.15) is 0 Å². The Labute approximate surface area is 185 Å². The van der Waals surface area contributed by atoms with Gasteiger partial charge in [0.05, 0.1) is 13.2 Å². The number of fused-ring (bicyclic) bond motifs is 2. The van der Waals surface area contributed by atoms with E-state index >= 15 is 0 Å². The Hall–Kier alpha value is -2.10. The number of aliphatic hydroxyl groups excluding tert-OH is 3. The number of benzene rings is 2. The summed E-state index contributed by atoms with van der Waals surface area (Å²) in [4.78, 5) is 0. The average Bonchev–Trinajstić information content (AvgIpc) is 3.13. The second kappa shape index (κ2) is 8.68. The van der Waals surface area contributed by atoms with Gasteiger partial charge in [-0.3, -0.25) is 0 Å². The van der Waals surface area contributed by atoms with Gasteiger partial charge >= 0.3 is 0 Å². The molecule has 2 bridgehead atoms. The van der Waals surface area contributed by atoms with Crippen LogP contribution >= 0.6 is 0 Å². The third-order valence-electron chi connectivity index (χ3n) is 6.34. The van der Waals surface area contributed by atoms with Crippen molar-refractivity contribution in [2.45, 2.75) is 62.8 Å². The highest BCUT2D eigenvalue weighted by atomic mass is 19.3. The third kappa shape index (κ3) is 3.91. The van der Waals surface area contributed by atoms with Crippen molar-refractivity contribution >= 4 is 0 Å². The monoisotopic (exact) mass is 450 g/mol. The zero-order chi connectivity index (χ0) is 23.1. The van der Waals surface area contributed by atoms with Crippen molar-refractivity contribution in [2.24, 2.45) is 0 Å². The van der Waals surface area contributed by atoms with Crippen LogP contribution in [0.5, 0.6) is 5.75 Å². The number of aryl methyl sites for hydroxylation is 1. The summed E-state index contributed by atoms with van der Waals surface area (Å²) in [7, 11) is 0. The maximum Gasteiger partial charge on any atom is 0.241 e. The highest BCUT2D eigenvalue weighted by molar-refractivity contribution is 5.39. The minimum atomic E-state index is -2.78. The van der Waals surface area contributed by atoms with Crippen molar-refractivity contribution in [3.05, 3.63) is 64.7 Å². The van der Waals surface area contributed by atoms with E-state index in [2.05, 4.69) is 0 Å². The molecule has 2 saturated heterocycles. The quantitative estimate of drug-likeness (QED) is 0.601. The molecular weight excluding hydrogens is 422 g/mol. The Bertz CT molecular complexity index is 952. The average molecular weight is 450 g/mol. The molecule has 2 aliphatic heterocycles. The summed E-state index contributed by atoms with van der Waals surface area (Å²) in [6.07, 6.45) is -8.06. The molecule has 0 aliphatic carbocycles. The van der Waals surface area contributed by atoms with Crippen molar-refractivity contribution in [1.29, 1.82) is 0 Å². The molecule has 0 spiro atoms. The van der Waals surface area contributed by atoms with Gasteiger partial charge in [-0.15, -0.1) is 0 Å². The Morgan fingerprint density at radius 3 is 2.47 bits per heavy atom. The van der Waals surface area contributed by atoms with E-state index in [0.29, 0.717) is 18.6 Å². The molecule has 174 valence electrons. The summed E-state index contributed by atoms with van der Waals surface area (Å²) >= 11 is 0. The van der Waals surface area contributed by atoms with Crippen molar-refractivity contribution < 1.29 is 38.3 Å². The number of halogens is 2. The maximum atomic E-state index is 13.2. The van der Waals surface area contributed by atoms with E-state index in [9.17, 15) is 24.1 Å². The number of hydrogen-bond donors (Lipinski definition) is 3. The van der Waals surface area contributed by atoms with E-state index < -0.39 is 42.5 Å². The van der Waals surface area contributed by atoms with Crippen LogP contribution < -0.4 is 4.74 Å². The lowest BCUT2D eigenvalue weighted by Gasteiger charge is -2.46. The van der Waals surface area contributed by atoms with E-state index in [1.54, 1.807) is 12.1 Å². The largest absolute Gasteiger partial charge is 0.494 e. The molecule has 2 aliphatic rings. The van der Waals surface area contributed by atoms with Crippen LogP contribution in [-0.2, 0) is 21.7 Å². The summed E-state index contributed by atoms with van der Waals surface area (Å²) < 4.78 is 43.6. The maximum absolute atomic E-state index is 13.2. The van der Waals surface area contributed by atoms with Crippen molar-refractivity contribution in [1.82, 2.24) is 0 Å². The van der Waals surface area contributed by atoms with Crippen LogP contribution in [0.4, 0.5) is 8.78 Å². The first-order chi connectivity index (χ1) is 15.2. The van der Waals surface area contributed by atoms with Gasteiger partial charge in [0.25, 0.3) is 0 Å². The molecule has 6 nitrogen and oxygen atoms in total. The van der Waals surface area contributed by atoms with Crippen molar-refractivity contribution in [2.75, 3.05) is 13.2 Å². The van der Waals surface area contributed by atoms with E-state index in [1.807, 2.05) is 44.2 Å². The molecule has 0 amide bonds. The second-order valence-electron chi connectivity index (χ2n) is 8.49.